The molecular formula is C13H18N4S. The molecule has 1 atom stereocenters. The molecule has 18 heavy (non-hydrogen) atoms. The van der Waals surface area contributed by atoms with Crippen molar-refractivity contribution in [3.63, 3.8) is 0 Å². The molecule has 0 saturated heterocycles. The molecule has 2 aromatic rings. The van der Waals surface area contributed by atoms with E-state index in [1.165, 1.54) is 0 Å². The summed E-state index contributed by atoms with van der Waals surface area (Å²) in [7, 11) is 0. The number of hydrogen-bond donors (Lipinski definition) is 2. The highest BCUT2D eigenvalue weighted by Gasteiger charge is 2.07. The van der Waals surface area contributed by atoms with Crippen molar-refractivity contribution in [3.8, 4) is 0 Å². The Bertz CT molecular complexity index is 470. The second-order valence-corrected chi connectivity index (χ2v) is 5.02. The summed E-state index contributed by atoms with van der Waals surface area (Å²) < 4.78 is 0. The van der Waals surface area contributed by atoms with E-state index in [9.17, 15) is 0 Å². The molecule has 2 heterocycles. The maximum Gasteiger partial charge on any atom is 0.127 e. The molecule has 2 rings (SSSR count). The molecule has 0 aromatic carbocycles. The molecule has 0 bridgehead atoms. The summed E-state index contributed by atoms with van der Waals surface area (Å²) in [5.41, 5.74) is 1.06. The highest BCUT2D eigenvalue weighted by molar-refractivity contribution is 7.09. The van der Waals surface area contributed by atoms with Gasteiger partial charge in [-0.05, 0) is 19.4 Å². The predicted octanol–water partition coefficient (Wildman–Crippen LogP) is 3.53. The van der Waals surface area contributed by atoms with Crippen molar-refractivity contribution in [2.75, 3.05) is 17.2 Å². The third kappa shape index (κ3) is 3.43. The zero-order valence-corrected chi connectivity index (χ0v) is 11.5. The van der Waals surface area contributed by atoms with E-state index in [-0.39, 0.29) is 6.04 Å². The van der Waals surface area contributed by atoms with Gasteiger partial charge in [-0.25, -0.2) is 9.97 Å². The van der Waals surface area contributed by atoms with Crippen molar-refractivity contribution in [1.29, 1.82) is 0 Å². The first-order valence-electron chi connectivity index (χ1n) is 6.15. The molecule has 0 fully saturated rings. The van der Waals surface area contributed by atoms with Gasteiger partial charge in [-0.2, -0.15) is 0 Å². The average molecular weight is 262 g/mol. The fraction of sp³-hybridized carbons (Fsp3) is 0.385. The van der Waals surface area contributed by atoms with Crippen molar-refractivity contribution in [2.45, 2.75) is 26.3 Å². The predicted molar refractivity (Wildman–Crippen MR) is 77.2 cm³/mol. The summed E-state index contributed by atoms with van der Waals surface area (Å²) in [5.74, 6) is 0.910. The largest absolute Gasteiger partial charge is 0.376 e. The third-order valence-corrected chi connectivity index (χ3v) is 3.48. The fourth-order valence-corrected chi connectivity index (χ4v) is 2.28. The minimum atomic E-state index is 0.214. The van der Waals surface area contributed by atoms with Crippen molar-refractivity contribution < 1.29 is 0 Å². The van der Waals surface area contributed by atoms with Crippen LogP contribution in [0, 0.1) is 0 Å². The number of nitrogens with zero attached hydrogens (tertiary/aromatic N) is 2. The van der Waals surface area contributed by atoms with Gasteiger partial charge in [0.25, 0.3) is 0 Å². The van der Waals surface area contributed by atoms with Gasteiger partial charge in [-0.3, -0.25) is 0 Å². The van der Waals surface area contributed by atoms with Crippen LogP contribution >= 0.6 is 11.3 Å². The summed E-state index contributed by atoms with van der Waals surface area (Å²) in [6, 6.07) is 4.22. The number of pyridine rings is 1. The van der Waals surface area contributed by atoms with Crippen LogP contribution in [0.4, 0.5) is 11.5 Å². The molecule has 0 aliphatic carbocycles. The molecule has 0 spiro atoms. The number of anilines is 2. The van der Waals surface area contributed by atoms with Crippen LogP contribution in [0.25, 0.3) is 0 Å². The molecule has 0 saturated carbocycles. The van der Waals surface area contributed by atoms with Gasteiger partial charge >= 0.3 is 0 Å². The minimum Gasteiger partial charge on any atom is -0.376 e. The Morgan fingerprint density at radius 2 is 2.22 bits per heavy atom. The molecule has 0 radical (unpaired) electrons. The number of thiazole rings is 1. The summed E-state index contributed by atoms with van der Waals surface area (Å²) in [6.07, 6.45) is 4.74. The first kappa shape index (κ1) is 12.8. The Morgan fingerprint density at radius 3 is 2.94 bits per heavy atom. The van der Waals surface area contributed by atoms with Crippen LogP contribution in [-0.2, 0) is 0 Å². The van der Waals surface area contributed by atoms with E-state index >= 15 is 0 Å². The second kappa shape index (κ2) is 6.35. The van der Waals surface area contributed by atoms with Crippen molar-refractivity contribution >= 4 is 22.8 Å². The lowest BCUT2D eigenvalue weighted by atomic mass is 10.3. The Morgan fingerprint density at radius 1 is 1.33 bits per heavy atom. The Balaban J connectivity index is 2.00. The Kier molecular flexibility index (Phi) is 4.52. The van der Waals surface area contributed by atoms with Crippen LogP contribution < -0.4 is 10.6 Å². The monoisotopic (exact) mass is 262 g/mol. The smallest absolute Gasteiger partial charge is 0.127 e. The van der Waals surface area contributed by atoms with Crippen LogP contribution in [0.15, 0.2) is 29.9 Å². The molecule has 2 N–H and O–H groups in total. The van der Waals surface area contributed by atoms with Crippen molar-refractivity contribution in [3.05, 3.63) is 34.9 Å². The molecule has 0 aliphatic heterocycles. The van der Waals surface area contributed by atoms with Gasteiger partial charge in [-0.1, -0.05) is 6.92 Å². The standard InChI is InChI=1S/C13H18N4S/c1-3-5-14-12-9-11(4-6-15-12)17-10(2)13-16-7-8-18-13/h4,6-10H,3,5H2,1-2H3,(H2,14,15,17). The molecule has 0 aliphatic rings. The van der Waals surface area contributed by atoms with Gasteiger partial charge in [0.2, 0.25) is 0 Å². The zero-order chi connectivity index (χ0) is 12.8. The van der Waals surface area contributed by atoms with Crippen LogP contribution in [0.5, 0.6) is 0 Å². The number of rotatable bonds is 6. The van der Waals surface area contributed by atoms with E-state index in [0.717, 1.165) is 29.5 Å². The highest BCUT2D eigenvalue weighted by Crippen LogP contribution is 2.21. The molecule has 1 unspecified atom stereocenters. The molecule has 0 amide bonds. The Labute approximate surface area is 111 Å². The van der Waals surface area contributed by atoms with Crippen LogP contribution in [-0.4, -0.2) is 16.5 Å². The fourth-order valence-electron chi connectivity index (χ4n) is 1.63. The van der Waals surface area contributed by atoms with Gasteiger partial charge in [0.1, 0.15) is 10.8 Å². The Hall–Kier alpha value is -1.62. The lowest BCUT2D eigenvalue weighted by Crippen LogP contribution is -2.07. The zero-order valence-electron chi connectivity index (χ0n) is 10.7. The maximum absolute atomic E-state index is 4.31. The first-order chi connectivity index (χ1) is 8.79. The van der Waals surface area contributed by atoms with E-state index < -0.39 is 0 Å². The number of aromatic nitrogens is 2. The van der Waals surface area contributed by atoms with Gasteiger partial charge in [0.15, 0.2) is 0 Å². The first-order valence-corrected chi connectivity index (χ1v) is 7.03. The van der Waals surface area contributed by atoms with Crippen LogP contribution in [0.2, 0.25) is 0 Å². The van der Waals surface area contributed by atoms with E-state index in [2.05, 4.69) is 34.4 Å². The van der Waals surface area contributed by atoms with Gasteiger partial charge < -0.3 is 10.6 Å². The highest BCUT2D eigenvalue weighted by atomic mass is 32.1. The molecule has 4 nitrogen and oxygen atoms in total. The second-order valence-electron chi connectivity index (χ2n) is 4.09. The topological polar surface area (TPSA) is 49.8 Å². The lowest BCUT2D eigenvalue weighted by molar-refractivity contribution is 0.869. The molecule has 96 valence electrons. The summed E-state index contributed by atoms with van der Waals surface area (Å²) in [6.45, 7) is 5.19. The minimum absolute atomic E-state index is 0.214. The van der Waals surface area contributed by atoms with E-state index in [4.69, 9.17) is 0 Å². The maximum atomic E-state index is 4.31. The van der Waals surface area contributed by atoms with Crippen LogP contribution in [0.1, 0.15) is 31.3 Å². The normalized spacial score (nSPS) is 12.1. The van der Waals surface area contributed by atoms with Crippen molar-refractivity contribution in [2.24, 2.45) is 0 Å². The third-order valence-electron chi connectivity index (χ3n) is 2.52. The quantitative estimate of drug-likeness (QED) is 0.836. The molecule has 2 aromatic heterocycles. The van der Waals surface area contributed by atoms with Gasteiger partial charge in [-0.15, -0.1) is 11.3 Å². The average Bonchev–Trinajstić information content (AvgIpc) is 2.91. The van der Waals surface area contributed by atoms with E-state index in [1.54, 1.807) is 11.3 Å². The van der Waals surface area contributed by atoms with Gasteiger partial charge in [0, 0.05) is 36.1 Å². The summed E-state index contributed by atoms with van der Waals surface area (Å²) in [5, 5.41) is 9.79. The SMILES string of the molecule is CCCNc1cc(NC(C)c2nccs2)ccn1. The number of hydrogen-bond acceptors (Lipinski definition) is 5. The van der Waals surface area contributed by atoms with E-state index in [0.29, 0.717) is 0 Å². The molecule has 5 heteroatoms. The molecular weight excluding hydrogens is 244 g/mol. The van der Waals surface area contributed by atoms with Gasteiger partial charge in [0.05, 0.1) is 6.04 Å². The number of nitrogens with one attached hydrogen (secondary N) is 2. The van der Waals surface area contributed by atoms with Crippen LogP contribution in [0.3, 0.4) is 0 Å². The van der Waals surface area contributed by atoms with E-state index in [1.807, 2.05) is 29.9 Å². The summed E-state index contributed by atoms with van der Waals surface area (Å²) >= 11 is 1.66. The summed E-state index contributed by atoms with van der Waals surface area (Å²) in [4.78, 5) is 8.59. The lowest BCUT2D eigenvalue weighted by Gasteiger charge is -2.13. The van der Waals surface area contributed by atoms with Crippen molar-refractivity contribution in [1.82, 2.24) is 9.97 Å².